The molecule has 0 saturated heterocycles. The smallest absolute Gasteiger partial charge is 0.225 e. The maximum atomic E-state index is 12.3. The molecule has 1 aromatic heterocycles. The van der Waals surface area contributed by atoms with Gasteiger partial charge in [0.05, 0.1) is 12.0 Å². The summed E-state index contributed by atoms with van der Waals surface area (Å²) in [5, 5.41) is 2.72. The fraction of sp³-hybridized carbons (Fsp3) is 0.188. The third-order valence-corrected chi connectivity index (χ3v) is 3.30. The molecule has 0 radical (unpaired) electrons. The van der Waals surface area contributed by atoms with Crippen LogP contribution in [-0.2, 0) is 11.2 Å². The molecular weight excluding hydrogens is 268 g/mol. The predicted octanol–water partition coefficient (Wildman–Crippen LogP) is 1.38. The number of ether oxygens (including phenoxy) is 1. The molecule has 0 bridgehead atoms. The van der Waals surface area contributed by atoms with Crippen molar-refractivity contribution in [2.75, 3.05) is 6.61 Å². The molecule has 1 unspecified atom stereocenters. The molecule has 106 valence electrons. The molecule has 1 aliphatic heterocycles. The van der Waals surface area contributed by atoms with Crippen molar-refractivity contribution in [1.82, 2.24) is 10.3 Å². The summed E-state index contributed by atoms with van der Waals surface area (Å²) in [5.74, 6) is 0.237. The lowest BCUT2D eigenvalue weighted by Crippen LogP contribution is -2.47. The average molecular weight is 282 g/mol. The highest BCUT2D eigenvalue weighted by Crippen LogP contribution is 2.23. The van der Waals surface area contributed by atoms with Crippen molar-refractivity contribution in [2.45, 2.75) is 12.5 Å². The Morgan fingerprint density at radius 1 is 1.29 bits per heavy atom. The van der Waals surface area contributed by atoms with Crippen LogP contribution in [0.3, 0.4) is 0 Å². The van der Waals surface area contributed by atoms with Gasteiger partial charge in [-0.1, -0.05) is 18.2 Å². The lowest BCUT2D eigenvalue weighted by atomic mass is 10.0. The van der Waals surface area contributed by atoms with Crippen molar-refractivity contribution in [3.8, 4) is 5.75 Å². The molecule has 21 heavy (non-hydrogen) atoms. The van der Waals surface area contributed by atoms with Crippen LogP contribution in [0, 0.1) is 0 Å². The van der Waals surface area contributed by atoms with Crippen LogP contribution in [0.4, 0.5) is 0 Å². The molecular formula is C16H14N2O3. The van der Waals surface area contributed by atoms with E-state index >= 15 is 0 Å². The number of Topliss-reactive ketones (excluding diaryl/α,β-unsaturated/α-hetero) is 1. The molecule has 3 rings (SSSR count). The van der Waals surface area contributed by atoms with E-state index in [1.807, 2.05) is 12.1 Å². The van der Waals surface area contributed by atoms with E-state index in [1.54, 1.807) is 36.7 Å². The number of carbonyl (C=O) groups excluding carboxylic acids is 2. The summed E-state index contributed by atoms with van der Waals surface area (Å²) in [6.07, 6.45) is 3.48. The predicted molar refractivity (Wildman–Crippen MR) is 76.1 cm³/mol. The quantitative estimate of drug-likeness (QED) is 0.923. The largest absolute Gasteiger partial charge is 0.490 e. The van der Waals surface area contributed by atoms with E-state index in [2.05, 4.69) is 10.3 Å². The third-order valence-electron chi connectivity index (χ3n) is 3.30. The molecule has 1 amide bonds. The molecule has 1 N–H and O–H groups in total. The Hall–Kier alpha value is -2.69. The number of nitrogens with one attached hydrogen (secondary N) is 1. The first-order chi connectivity index (χ1) is 10.2. The monoisotopic (exact) mass is 282 g/mol. The Labute approximate surface area is 122 Å². The molecule has 0 aliphatic carbocycles. The van der Waals surface area contributed by atoms with Crippen LogP contribution in [0.5, 0.6) is 5.75 Å². The number of benzene rings is 1. The Morgan fingerprint density at radius 3 is 2.95 bits per heavy atom. The van der Waals surface area contributed by atoms with Crippen molar-refractivity contribution >= 4 is 11.7 Å². The topological polar surface area (TPSA) is 68.3 Å². The van der Waals surface area contributed by atoms with Gasteiger partial charge in [-0.25, -0.2) is 0 Å². The van der Waals surface area contributed by atoms with Gasteiger partial charge in [-0.3, -0.25) is 14.6 Å². The number of nitrogens with zero attached hydrogens (tertiary/aromatic N) is 1. The van der Waals surface area contributed by atoms with E-state index in [9.17, 15) is 9.59 Å². The van der Waals surface area contributed by atoms with Crippen LogP contribution in [0.1, 0.15) is 15.9 Å². The molecule has 2 heterocycles. The van der Waals surface area contributed by atoms with Gasteiger partial charge in [-0.2, -0.15) is 0 Å². The summed E-state index contributed by atoms with van der Waals surface area (Å²) in [6.45, 7) is 0.161. The second kappa shape index (κ2) is 5.75. The molecule has 5 heteroatoms. The molecule has 0 saturated carbocycles. The lowest BCUT2D eigenvalue weighted by Gasteiger charge is -2.24. The second-order valence-electron chi connectivity index (χ2n) is 4.83. The summed E-state index contributed by atoms with van der Waals surface area (Å²) < 4.78 is 5.51. The van der Waals surface area contributed by atoms with Gasteiger partial charge in [0, 0.05) is 12.4 Å². The van der Waals surface area contributed by atoms with Crippen LogP contribution in [0.25, 0.3) is 0 Å². The van der Waals surface area contributed by atoms with Crippen molar-refractivity contribution in [3.05, 3.63) is 59.9 Å². The van der Waals surface area contributed by atoms with Gasteiger partial charge in [0.1, 0.15) is 18.4 Å². The van der Waals surface area contributed by atoms with E-state index in [0.717, 1.165) is 5.56 Å². The number of rotatable bonds is 3. The van der Waals surface area contributed by atoms with Crippen LogP contribution >= 0.6 is 0 Å². The first kappa shape index (κ1) is 13.3. The fourth-order valence-corrected chi connectivity index (χ4v) is 2.27. The zero-order valence-electron chi connectivity index (χ0n) is 11.3. The SMILES string of the molecule is O=C(Cc1cccnc1)NC1COc2ccccc2C1=O. The Balaban J connectivity index is 1.66. The summed E-state index contributed by atoms with van der Waals surface area (Å²) in [5.41, 5.74) is 1.31. The number of pyridine rings is 1. The highest BCUT2D eigenvalue weighted by atomic mass is 16.5. The Kier molecular flexibility index (Phi) is 3.64. The van der Waals surface area contributed by atoms with Crippen LogP contribution < -0.4 is 10.1 Å². The van der Waals surface area contributed by atoms with E-state index in [-0.39, 0.29) is 24.7 Å². The van der Waals surface area contributed by atoms with E-state index in [1.165, 1.54) is 0 Å². The standard InChI is InChI=1S/C16H14N2O3/c19-15(8-11-4-3-7-17-9-11)18-13-10-21-14-6-2-1-5-12(14)16(13)20/h1-7,9,13H,8,10H2,(H,18,19). The Morgan fingerprint density at radius 2 is 2.14 bits per heavy atom. The van der Waals surface area contributed by atoms with Crippen molar-refractivity contribution in [1.29, 1.82) is 0 Å². The first-order valence-corrected chi connectivity index (χ1v) is 6.68. The van der Waals surface area contributed by atoms with Gasteiger partial charge in [-0.15, -0.1) is 0 Å². The summed E-state index contributed by atoms with van der Waals surface area (Å²) in [4.78, 5) is 28.2. The lowest BCUT2D eigenvalue weighted by molar-refractivity contribution is -0.121. The molecule has 0 spiro atoms. The maximum absolute atomic E-state index is 12.3. The fourth-order valence-electron chi connectivity index (χ4n) is 2.27. The summed E-state index contributed by atoms with van der Waals surface area (Å²) in [6, 6.07) is 10.0. The number of fused-ring (bicyclic) bond motifs is 1. The van der Waals surface area contributed by atoms with Crippen molar-refractivity contribution in [2.24, 2.45) is 0 Å². The summed E-state index contributed by atoms with van der Waals surface area (Å²) in [7, 11) is 0. The molecule has 1 aromatic carbocycles. The van der Waals surface area contributed by atoms with Crippen LogP contribution in [0.15, 0.2) is 48.8 Å². The number of carbonyl (C=O) groups is 2. The minimum atomic E-state index is -0.635. The van der Waals surface area contributed by atoms with Gasteiger partial charge in [0.2, 0.25) is 5.91 Å². The zero-order valence-corrected chi connectivity index (χ0v) is 11.3. The zero-order chi connectivity index (χ0) is 14.7. The second-order valence-corrected chi connectivity index (χ2v) is 4.83. The maximum Gasteiger partial charge on any atom is 0.225 e. The molecule has 0 fully saturated rings. The number of hydrogen-bond donors (Lipinski definition) is 1. The molecule has 5 nitrogen and oxygen atoms in total. The van der Waals surface area contributed by atoms with Crippen LogP contribution in [0.2, 0.25) is 0 Å². The highest BCUT2D eigenvalue weighted by Gasteiger charge is 2.29. The third kappa shape index (κ3) is 2.91. The van der Waals surface area contributed by atoms with Gasteiger partial charge < -0.3 is 10.1 Å². The van der Waals surface area contributed by atoms with E-state index in [0.29, 0.717) is 11.3 Å². The summed E-state index contributed by atoms with van der Waals surface area (Å²) >= 11 is 0. The van der Waals surface area contributed by atoms with Gasteiger partial charge in [0.15, 0.2) is 5.78 Å². The molecule has 2 aromatic rings. The Bertz CT molecular complexity index is 670. The van der Waals surface area contributed by atoms with E-state index in [4.69, 9.17) is 4.74 Å². The highest BCUT2D eigenvalue weighted by molar-refractivity contribution is 6.05. The molecule has 1 atom stereocenters. The number of amides is 1. The van der Waals surface area contributed by atoms with Gasteiger partial charge in [0.25, 0.3) is 0 Å². The normalized spacial score (nSPS) is 16.8. The minimum absolute atomic E-state index is 0.114. The van der Waals surface area contributed by atoms with Gasteiger partial charge >= 0.3 is 0 Å². The van der Waals surface area contributed by atoms with Crippen molar-refractivity contribution < 1.29 is 14.3 Å². The van der Waals surface area contributed by atoms with Crippen molar-refractivity contribution in [3.63, 3.8) is 0 Å². The van der Waals surface area contributed by atoms with Crippen LogP contribution in [-0.4, -0.2) is 29.3 Å². The minimum Gasteiger partial charge on any atom is -0.490 e. The number of aromatic nitrogens is 1. The number of ketones is 1. The number of hydrogen-bond acceptors (Lipinski definition) is 4. The first-order valence-electron chi connectivity index (χ1n) is 6.68. The molecule has 1 aliphatic rings. The van der Waals surface area contributed by atoms with E-state index < -0.39 is 6.04 Å². The van der Waals surface area contributed by atoms with Gasteiger partial charge in [-0.05, 0) is 23.8 Å². The average Bonchev–Trinajstić information content (AvgIpc) is 2.51. The number of para-hydroxylation sites is 1.